The summed E-state index contributed by atoms with van der Waals surface area (Å²) in [6.45, 7) is 5.17. The number of nitrogens with zero attached hydrogens (tertiary/aromatic N) is 2. The number of carbonyl (C=O) groups is 1. The highest BCUT2D eigenvalue weighted by molar-refractivity contribution is 7.11. The lowest BCUT2D eigenvalue weighted by Crippen LogP contribution is -2.37. The fourth-order valence-electron chi connectivity index (χ4n) is 2.22. The molecule has 0 bridgehead atoms. The number of carbonyl (C=O) groups excluding carboxylic acids is 1. The molecule has 0 atom stereocenters. The molecule has 2 N–H and O–H groups in total. The van der Waals surface area contributed by atoms with Crippen molar-refractivity contribution in [2.75, 3.05) is 12.0 Å². The maximum atomic E-state index is 12.5. The Labute approximate surface area is 147 Å². The van der Waals surface area contributed by atoms with Crippen LogP contribution in [0, 0.1) is 6.92 Å². The molecule has 128 valence electrons. The summed E-state index contributed by atoms with van der Waals surface area (Å²) in [6.07, 6.45) is 0. The average Bonchev–Trinajstić information content (AvgIpc) is 3.13. The highest BCUT2D eigenvalue weighted by atomic mass is 32.1. The second-order valence-electron chi connectivity index (χ2n) is 5.20. The Morgan fingerprint density at radius 3 is 2.88 bits per heavy atom. The Bertz CT molecular complexity index is 979. The quantitative estimate of drug-likeness (QED) is 0.660. The van der Waals surface area contributed by atoms with Gasteiger partial charge in [-0.25, -0.2) is 9.66 Å². The van der Waals surface area contributed by atoms with Crippen LogP contribution in [0.5, 0.6) is 0 Å². The Morgan fingerprint density at radius 2 is 2.12 bits per heavy atom. The van der Waals surface area contributed by atoms with E-state index in [4.69, 9.17) is 4.84 Å². The van der Waals surface area contributed by atoms with Gasteiger partial charge in [-0.3, -0.25) is 25.3 Å². The van der Waals surface area contributed by atoms with Crippen molar-refractivity contribution in [2.24, 2.45) is 0 Å². The minimum Gasteiger partial charge on any atom is -0.270 e. The summed E-state index contributed by atoms with van der Waals surface area (Å²) < 4.78 is 1.11. The molecule has 1 amide bonds. The van der Waals surface area contributed by atoms with Crippen LogP contribution >= 0.6 is 11.3 Å². The molecule has 0 saturated heterocycles. The number of hydroxylamine groups is 1. The molecule has 0 aliphatic carbocycles. The van der Waals surface area contributed by atoms with Gasteiger partial charge in [-0.15, -0.1) is 11.3 Å². The molecular weight excluding hydrogens is 340 g/mol. The van der Waals surface area contributed by atoms with Crippen LogP contribution in [0.25, 0.3) is 16.6 Å². The molecule has 3 rings (SSSR count). The molecule has 0 aliphatic rings. The molecule has 2 aromatic heterocycles. The summed E-state index contributed by atoms with van der Waals surface area (Å²) in [7, 11) is 0. The lowest BCUT2D eigenvalue weighted by atomic mass is 10.2. The van der Waals surface area contributed by atoms with E-state index in [9.17, 15) is 9.59 Å². The molecule has 0 unspecified atom stereocenters. The minimum atomic E-state index is -0.492. The van der Waals surface area contributed by atoms with Crippen LogP contribution in [0.1, 0.15) is 10.7 Å². The molecule has 25 heavy (non-hydrogen) atoms. The zero-order valence-electron chi connectivity index (χ0n) is 13.5. The van der Waals surface area contributed by atoms with E-state index in [0.29, 0.717) is 22.4 Å². The maximum Gasteiger partial charge on any atom is 0.280 e. The highest BCUT2D eigenvalue weighted by Gasteiger charge is 2.11. The van der Waals surface area contributed by atoms with Crippen LogP contribution < -0.4 is 16.5 Å². The third-order valence-corrected chi connectivity index (χ3v) is 4.33. The summed E-state index contributed by atoms with van der Waals surface area (Å²) >= 11 is 1.50. The summed E-state index contributed by atoms with van der Waals surface area (Å²) in [5, 5.41) is 2.34. The molecule has 7 nitrogen and oxygen atoms in total. The number of rotatable bonds is 6. The van der Waals surface area contributed by atoms with Gasteiger partial charge in [0.15, 0.2) is 6.61 Å². The van der Waals surface area contributed by atoms with E-state index in [2.05, 4.69) is 22.5 Å². The molecule has 0 aliphatic heterocycles. The van der Waals surface area contributed by atoms with Gasteiger partial charge in [0.1, 0.15) is 5.82 Å². The Hall–Kier alpha value is -2.97. The first kappa shape index (κ1) is 16.9. The van der Waals surface area contributed by atoms with Crippen LogP contribution in [0.4, 0.5) is 0 Å². The summed E-state index contributed by atoms with van der Waals surface area (Å²) in [5.41, 5.74) is 5.90. The average molecular weight is 356 g/mol. The van der Waals surface area contributed by atoms with Gasteiger partial charge in [0.2, 0.25) is 0 Å². The van der Waals surface area contributed by atoms with Crippen molar-refractivity contribution in [1.29, 1.82) is 0 Å². The normalized spacial score (nSPS) is 10.6. The Balaban J connectivity index is 1.64. The van der Waals surface area contributed by atoms with Crippen molar-refractivity contribution in [3.63, 3.8) is 0 Å². The van der Waals surface area contributed by atoms with E-state index in [-0.39, 0.29) is 12.2 Å². The van der Waals surface area contributed by atoms with Crippen LogP contribution in [-0.4, -0.2) is 22.2 Å². The van der Waals surface area contributed by atoms with Crippen molar-refractivity contribution in [1.82, 2.24) is 15.1 Å². The van der Waals surface area contributed by atoms with Gasteiger partial charge in [-0.1, -0.05) is 24.8 Å². The molecule has 1 aromatic carbocycles. The number of aryl methyl sites for hydroxylation is 1. The van der Waals surface area contributed by atoms with Crippen molar-refractivity contribution < 1.29 is 9.63 Å². The first-order valence-corrected chi connectivity index (χ1v) is 8.33. The number of nitrogens with one attached hydrogen (secondary N) is 2. The van der Waals surface area contributed by atoms with Gasteiger partial charge in [0, 0.05) is 0 Å². The Morgan fingerprint density at radius 1 is 1.32 bits per heavy atom. The van der Waals surface area contributed by atoms with Crippen molar-refractivity contribution in [3.05, 3.63) is 69.4 Å². The predicted molar refractivity (Wildman–Crippen MR) is 97.5 cm³/mol. The second-order valence-corrected chi connectivity index (χ2v) is 6.15. The van der Waals surface area contributed by atoms with Crippen LogP contribution in [0.15, 0.2) is 53.2 Å². The van der Waals surface area contributed by atoms with E-state index < -0.39 is 5.91 Å². The summed E-state index contributed by atoms with van der Waals surface area (Å²) in [5.74, 6) is -0.109. The van der Waals surface area contributed by atoms with Gasteiger partial charge >= 0.3 is 0 Å². The van der Waals surface area contributed by atoms with E-state index in [1.54, 1.807) is 31.2 Å². The lowest BCUT2D eigenvalue weighted by Gasteiger charge is -2.12. The van der Waals surface area contributed by atoms with Gasteiger partial charge in [0.05, 0.1) is 21.5 Å². The van der Waals surface area contributed by atoms with Gasteiger partial charge < -0.3 is 0 Å². The smallest absolute Gasteiger partial charge is 0.270 e. The number of fused-ring (bicyclic) bond motifs is 1. The summed E-state index contributed by atoms with van der Waals surface area (Å²) in [4.78, 5) is 34.8. The fourth-order valence-corrected chi connectivity index (χ4v) is 2.87. The third-order valence-electron chi connectivity index (χ3n) is 3.40. The Kier molecular flexibility index (Phi) is 4.92. The van der Waals surface area contributed by atoms with Crippen molar-refractivity contribution >= 4 is 33.8 Å². The van der Waals surface area contributed by atoms with Crippen LogP contribution in [-0.2, 0) is 9.63 Å². The molecular formula is C17H16N4O3S. The minimum absolute atomic E-state index is 0.289. The topological polar surface area (TPSA) is 85.2 Å². The molecule has 2 heterocycles. The van der Waals surface area contributed by atoms with E-state index in [1.807, 2.05) is 17.5 Å². The maximum absolute atomic E-state index is 12.5. The van der Waals surface area contributed by atoms with Crippen LogP contribution in [0.2, 0.25) is 0 Å². The fraction of sp³-hybridized carbons (Fsp3) is 0.118. The third kappa shape index (κ3) is 3.76. The van der Waals surface area contributed by atoms with E-state index >= 15 is 0 Å². The summed E-state index contributed by atoms with van der Waals surface area (Å²) in [6, 6.07) is 10.7. The molecule has 0 spiro atoms. The first-order chi connectivity index (χ1) is 12.1. The van der Waals surface area contributed by atoms with Crippen molar-refractivity contribution in [3.8, 4) is 0 Å². The molecule has 0 saturated carbocycles. The second kappa shape index (κ2) is 7.29. The van der Waals surface area contributed by atoms with Gasteiger partial charge in [-0.05, 0) is 30.5 Å². The molecule has 8 heteroatoms. The predicted octanol–water partition coefficient (Wildman–Crippen LogP) is 2.03. The van der Waals surface area contributed by atoms with E-state index in [0.717, 1.165) is 9.55 Å². The highest BCUT2D eigenvalue weighted by Crippen LogP contribution is 2.15. The number of amides is 1. The van der Waals surface area contributed by atoms with Gasteiger partial charge in [0.25, 0.3) is 11.5 Å². The van der Waals surface area contributed by atoms with Crippen LogP contribution in [0.3, 0.4) is 0 Å². The standard InChI is InChI=1S/C17H16N4O3S/c1-11(15-8-5-9-25-15)20-24-10-16(22)19-21-12(2)18-14-7-4-3-6-13(14)17(21)23/h3-9,20H,1,10H2,2H3,(H,19,22). The zero-order valence-corrected chi connectivity index (χ0v) is 14.3. The number of benzene rings is 1. The lowest BCUT2D eigenvalue weighted by molar-refractivity contribution is -0.123. The van der Waals surface area contributed by atoms with Gasteiger partial charge in [-0.2, -0.15) is 0 Å². The number of hydrogen-bond donors (Lipinski definition) is 2. The van der Waals surface area contributed by atoms with Crippen molar-refractivity contribution in [2.45, 2.75) is 6.92 Å². The number of thiophene rings is 1. The number of hydrogen-bond acceptors (Lipinski definition) is 6. The SMILES string of the molecule is C=C(NOCC(=O)Nn1c(C)nc2ccccc2c1=O)c1cccs1. The number of para-hydroxylation sites is 1. The monoisotopic (exact) mass is 356 g/mol. The molecule has 3 aromatic rings. The largest absolute Gasteiger partial charge is 0.280 e. The molecule has 0 fully saturated rings. The first-order valence-electron chi connectivity index (χ1n) is 7.45. The van der Waals surface area contributed by atoms with E-state index in [1.165, 1.54) is 11.3 Å². The molecule has 0 radical (unpaired) electrons. The zero-order chi connectivity index (χ0) is 17.8. The number of aromatic nitrogens is 2.